The third-order valence-corrected chi connectivity index (χ3v) is 7.50. The molecule has 2 aromatic carbocycles. The van der Waals surface area contributed by atoms with Gasteiger partial charge in [0.1, 0.15) is 0 Å². The number of anilines is 3. The summed E-state index contributed by atoms with van der Waals surface area (Å²) in [5, 5.41) is 4.01. The third kappa shape index (κ3) is 4.09. The molecule has 1 N–H and O–H groups in total. The van der Waals surface area contributed by atoms with Crippen LogP contribution in [0.15, 0.2) is 54.7 Å². The largest absolute Gasteiger partial charge is 0.378 e. The van der Waals surface area contributed by atoms with Crippen molar-refractivity contribution in [2.24, 2.45) is 0 Å². The van der Waals surface area contributed by atoms with Gasteiger partial charge >= 0.3 is 0 Å². The first-order chi connectivity index (χ1) is 18.7. The molecule has 9 nitrogen and oxygen atoms in total. The molecule has 9 heteroatoms. The molecule has 7 rings (SSSR count). The second kappa shape index (κ2) is 9.57. The first kappa shape index (κ1) is 22.9. The number of aromatic nitrogens is 4. The van der Waals surface area contributed by atoms with Crippen LogP contribution in [0.4, 0.5) is 17.6 Å². The Morgan fingerprint density at radius 3 is 2.29 bits per heavy atom. The zero-order valence-electron chi connectivity index (χ0n) is 21.1. The average molecular weight is 508 g/mol. The monoisotopic (exact) mass is 507 g/mol. The number of carbonyl (C=O) groups is 1. The van der Waals surface area contributed by atoms with Gasteiger partial charge in [0.25, 0.3) is 5.91 Å². The Morgan fingerprint density at radius 2 is 1.47 bits per heavy atom. The molecule has 192 valence electrons. The number of rotatable bonds is 4. The maximum absolute atomic E-state index is 12.8. The molecular weight excluding hydrogens is 478 g/mol. The average Bonchev–Trinajstić information content (AvgIpc) is 3.51. The van der Waals surface area contributed by atoms with Crippen LogP contribution in [0, 0.1) is 0 Å². The summed E-state index contributed by atoms with van der Waals surface area (Å²) in [5.74, 6) is 1.89. The molecule has 3 aliphatic heterocycles. The van der Waals surface area contributed by atoms with Crippen molar-refractivity contribution < 1.29 is 9.53 Å². The lowest BCUT2D eigenvalue weighted by Crippen LogP contribution is -2.38. The van der Waals surface area contributed by atoms with Crippen LogP contribution in [-0.4, -0.2) is 64.8 Å². The number of benzene rings is 2. The second-order valence-electron chi connectivity index (χ2n) is 9.91. The highest BCUT2D eigenvalue weighted by molar-refractivity contribution is 6.35. The van der Waals surface area contributed by atoms with Gasteiger partial charge in [0, 0.05) is 60.1 Å². The van der Waals surface area contributed by atoms with Crippen LogP contribution in [0.3, 0.4) is 0 Å². The van der Waals surface area contributed by atoms with E-state index in [4.69, 9.17) is 19.7 Å². The van der Waals surface area contributed by atoms with Gasteiger partial charge in [0.2, 0.25) is 17.8 Å². The summed E-state index contributed by atoms with van der Waals surface area (Å²) in [5.41, 5.74) is 4.33. The highest BCUT2D eigenvalue weighted by atomic mass is 16.5. The van der Waals surface area contributed by atoms with Gasteiger partial charge in [-0.25, -0.2) is 0 Å². The molecular formula is C29H29N7O2. The van der Waals surface area contributed by atoms with Crippen molar-refractivity contribution in [3.05, 3.63) is 65.9 Å². The summed E-state index contributed by atoms with van der Waals surface area (Å²) in [6.07, 6.45) is 7.52. The van der Waals surface area contributed by atoms with E-state index in [9.17, 15) is 4.79 Å². The van der Waals surface area contributed by atoms with E-state index in [2.05, 4.69) is 27.2 Å². The number of amides is 1. The molecule has 38 heavy (non-hydrogen) atoms. The van der Waals surface area contributed by atoms with Crippen LogP contribution in [0.5, 0.6) is 0 Å². The molecule has 5 heterocycles. The van der Waals surface area contributed by atoms with Crippen molar-refractivity contribution >= 4 is 46.0 Å². The third-order valence-electron chi connectivity index (χ3n) is 7.50. The number of hydrogen-bond donors (Lipinski definition) is 1. The Bertz CT molecular complexity index is 1510. The number of nitrogens with zero attached hydrogens (tertiary/aromatic N) is 6. The van der Waals surface area contributed by atoms with Crippen molar-refractivity contribution in [3.8, 4) is 5.95 Å². The van der Waals surface area contributed by atoms with E-state index in [1.165, 1.54) is 6.42 Å². The van der Waals surface area contributed by atoms with E-state index in [0.717, 1.165) is 72.7 Å². The summed E-state index contributed by atoms with van der Waals surface area (Å²) in [6, 6.07) is 16.0. The molecule has 0 bridgehead atoms. The Balaban J connectivity index is 1.37. The SMILES string of the molecule is O=C1Nc2ccccc2/C1=C/c1cn(-c2nc(N3CCCCC3)nc(N3CCOCC3)n2)c2ccccc12. The van der Waals surface area contributed by atoms with Crippen LogP contribution in [0.1, 0.15) is 30.4 Å². The lowest BCUT2D eigenvalue weighted by molar-refractivity contribution is -0.110. The predicted octanol–water partition coefficient (Wildman–Crippen LogP) is 4.14. The number of nitrogens with one attached hydrogen (secondary N) is 1. The maximum atomic E-state index is 12.8. The number of morpholine rings is 1. The van der Waals surface area contributed by atoms with Crippen LogP contribution in [-0.2, 0) is 9.53 Å². The quantitative estimate of drug-likeness (QED) is 0.416. The molecule has 0 saturated carbocycles. The van der Waals surface area contributed by atoms with Crippen LogP contribution in [0.2, 0.25) is 0 Å². The first-order valence-electron chi connectivity index (χ1n) is 13.3. The predicted molar refractivity (Wildman–Crippen MR) is 149 cm³/mol. The fraction of sp³-hybridized carbons (Fsp3) is 0.310. The van der Waals surface area contributed by atoms with E-state index in [0.29, 0.717) is 30.7 Å². The number of carbonyl (C=O) groups excluding carboxylic acids is 1. The molecule has 0 spiro atoms. The maximum Gasteiger partial charge on any atom is 0.256 e. The van der Waals surface area contributed by atoms with Gasteiger partial charge < -0.3 is 19.9 Å². The molecule has 0 aliphatic carbocycles. The summed E-state index contributed by atoms with van der Waals surface area (Å²) in [6.45, 7) is 4.72. The van der Waals surface area contributed by atoms with Gasteiger partial charge in [0.05, 0.1) is 18.7 Å². The second-order valence-corrected chi connectivity index (χ2v) is 9.91. The highest BCUT2D eigenvalue weighted by Crippen LogP contribution is 2.35. The molecule has 2 fully saturated rings. The minimum atomic E-state index is -0.0924. The fourth-order valence-corrected chi connectivity index (χ4v) is 5.52. The van der Waals surface area contributed by atoms with Crippen molar-refractivity contribution in [2.75, 3.05) is 54.5 Å². The molecule has 0 atom stereocenters. The normalized spacial score (nSPS) is 18.7. The topological polar surface area (TPSA) is 88.4 Å². The van der Waals surface area contributed by atoms with E-state index >= 15 is 0 Å². The highest BCUT2D eigenvalue weighted by Gasteiger charge is 2.25. The first-order valence-corrected chi connectivity index (χ1v) is 13.3. The minimum absolute atomic E-state index is 0.0924. The molecule has 3 aliphatic rings. The van der Waals surface area contributed by atoms with E-state index in [1.807, 2.05) is 53.2 Å². The lowest BCUT2D eigenvalue weighted by Gasteiger charge is -2.30. The number of para-hydroxylation sites is 2. The van der Waals surface area contributed by atoms with E-state index in [1.54, 1.807) is 0 Å². The summed E-state index contributed by atoms with van der Waals surface area (Å²) >= 11 is 0. The molecule has 0 unspecified atom stereocenters. The Kier molecular flexibility index (Phi) is 5.77. The lowest BCUT2D eigenvalue weighted by atomic mass is 10.0. The van der Waals surface area contributed by atoms with Crippen molar-refractivity contribution in [2.45, 2.75) is 19.3 Å². The zero-order valence-corrected chi connectivity index (χ0v) is 21.1. The number of piperidine rings is 1. The molecule has 0 radical (unpaired) electrons. The Hall–Kier alpha value is -4.24. The molecule has 2 saturated heterocycles. The van der Waals surface area contributed by atoms with Crippen LogP contribution >= 0.6 is 0 Å². The summed E-state index contributed by atoms with van der Waals surface area (Å²) in [4.78, 5) is 32.1. The minimum Gasteiger partial charge on any atom is -0.378 e. The number of hydrogen-bond acceptors (Lipinski definition) is 7. The van der Waals surface area contributed by atoms with Crippen molar-refractivity contribution in [1.82, 2.24) is 19.5 Å². The van der Waals surface area contributed by atoms with Crippen molar-refractivity contribution in [1.29, 1.82) is 0 Å². The van der Waals surface area contributed by atoms with Crippen LogP contribution in [0.25, 0.3) is 28.5 Å². The van der Waals surface area contributed by atoms with Gasteiger partial charge in [-0.3, -0.25) is 9.36 Å². The Morgan fingerprint density at radius 1 is 0.789 bits per heavy atom. The molecule has 1 amide bonds. The number of ether oxygens (including phenoxy) is 1. The van der Waals surface area contributed by atoms with E-state index in [-0.39, 0.29) is 5.91 Å². The standard InChI is InChI=1S/C29H29N7O2/c37-26-23(22-9-2-4-10-24(22)30-26)18-20-19-36(25-11-5-3-8-21(20)25)29-32-27(34-12-6-1-7-13-34)31-28(33-29)35-14-16-38-17-15-35/h2-5,8-11,18-19H,1,6-7,12-17H2,(H,30,37)/b23-18-. The van der Waals surface area contributed by atoms with Gasteiger partial charge in [0.15, 0.2) is 0 Å². The fourth-order valence-electron chi connectivity index (χ4n) is 5.52. The Labute approximate surface area is 220 Å². The van der Waals surface area contributed by atoms with Gasteiger partial charge in [-0.1, -0.05) is 36.4 Å². The van der Waals surface area contributed by atoms with Crippen molar-refractivity contribution in [3.63, 3.8) is 0 Å². The number of fused-ring (bicyclic) bond motifs is 2. The molecule has 2 aromatic heterocycles. The van der Waals surface area contributed by atoms with E-state index < -0.39 is 0 Å². The summed E-state index contributed by atoms with van der Waals surface area (Å²) < 4.78 is 7.60. The zero-order chi connectivity index (χ0) is 25.5. The van der Waals surface area contributed by atoms with Gasteiger partial charge in [-0.05, 0) is 37.5 Å². The smallest absolute Gasteiger partial charge is 0.256 e. The van der Waals surface area contributed by atoms with Crippen LogP contribution < -0.4 is 15.1 Å². The van der Waals surface area contributed by atoms with Gasteiger partial charge in [-0.2, -0.15) is 15.0 Å². The van der Waals surface area contributed by atoms with Gasteiger partial charge in [-0.15, -0.1) is 0 Å². The molecule has 4 aromatic rings. The summed E-state index contributed by atoms with van der Waals surface area (Å²) in [7, 11) is 0.